The Balaban J connectivity index is 1.92. The van der Waals surface area contributed by atoms with Gasteiger partial charge in [-0.2, -0.15) is 0 Å². The summed E-state index contributed by atoms with van der Waals surface area (Å²) in [5, 5.41) is 0. The molecule has 114 valence electrons. The number of hydrogen-bond acceptors (Lipinski definition) is 2. The van der Waals surface area contributed by atoms with E-state index >= 15 is 0 Å². The number of rotatable bonds is 0. The monoisotopic (exact) mass is 303 g/mol. The van der Waals surface area contributed by atoms with E-state index < -0.39 is 5.41 Å². The van der Waals surface area contributed by atoms with Gasteiger partial charge in [-0.25, -0.2) is 0 Å². The molecule has 2 bridgehead atoms. The van der Waals surface area contributed by atoms with E-state index in [4.69, 9.17) is 0 Å². The summed E-state index contributed by atoms with van der Waals surface area (Å²) < 4.78 is 0. The molecule has 3 heteroatoms. The molecule has 0 spiro atoms. The van der Waals surface area contributed by atoms with Gasteiger partial charge in [0.15, 0.2) is 0 Å². The summed E-state index contributed by atoms with van der Waals surface area (Å²) in [5.74, 6) is -0.607. The molecule has 2 amide bonds. The fourth-order valence-corrected chi connectivity index (χ4v) is 5.30. The fourth-order valence-electron chi connectivity index (χ4n) is 5.30. The third-order valence-corrected chi connectivity index (χ3v) is 6.26. The molecule has 3 nitrogen and oxygen atoms in total. The van der Waals surface area contributed by atoms with Gasteiger partial charge in [-0.3, -0.25) is 14.5 Å². The molecule has 4 aliphatic rings. The van der Waals surface area contributed by atoms with Crippen molar-refractivity contribution in [3.8, 4) is 0 Å². The summed E-state index contributed by atoms with van der Waals surface area (Å²) in [6, 6.07) is 16.6. The molecule has 23 heavy (non-hydrogen) atoms. The Morgan fingerprint density at radius 1 is 0.870 bits per heavy atom. The van der Waals surface area contributed by atoms with E-state index in [0.29, 0.717) is 0 Å². The zero-order chi connectivity index (χ0) is 15.9. The summed E-state index contributed by atoms with van der Waals surface area (Å²) >= 11 is 0. The number of likely N-dealkylation sites (tertiary alicyclic amines) is 1. The molecule has 0 N–H and O–H groups in total. The van der Waals surface area contributed by atoms with Crippen molar-refractivity contribution in [1.82, 2.24) is 4.90 Å². The van der Waals surface area contributed by atoms with E-state index in [1.807, 2.05) is 24.3 Å². The van der Waals surface area contributed by atoms with E-state index in [-0.39, 0.29) is 29.6 Å². The van der Waals surface area contributed by atoms with Crippen LogP contribution in [-0.4, -0.2) is 23.8 Å². The van der Waals surface area contributed by atoms with Gasteiger partial charge in [-0.1, -0.05) is 55.5 Å². The SMILES string of the molecule is CN1C(=O)C2C3c4ccccc4C(C)(c4ccccc43)C2C1=O. The van der Waals surface area contributed by atoms with E-state index in [9.17, 15) is 9.59 Å². The first-order valence-electron chi connectivity index (χ1n) is 8.07. The minimum absolute atomic E-state index is 0.00405. The van der Waals surface area contributed by atoms with Gasteiger partial charge in [-0.05, 0) is 22.3 Å². The normalized spacial score (nSPS) is 33.5. The van der Waals surface area contributed by atoms with Gasteiger partial charge < -0.3 is 0 Å². The number of amides is 2. The molecular formula is C20H17NO2. The molecule has 2 aromatic rings. The van der Waals surface area contributed by atoms with Crippen molar-refractivity contribution in [2.24, 2.45) is 11.8 Å². The molecule has 1 saturated heterocycles. The van der Waals surface area contributed by atoms with Crippen molar-refractivity contribution in [2.75, 3.05) is 7.05 Å². The molecule has 2 atom stereocenters. The van der Waals surface area contributed by atoms with Crippen LogP contribution >= 0.6 is 0 Å². The van der Waals surface area contributed by atoms with Gasteiger partial charge >= 0.3 is 0 Å². The van der Waals surface area contributed by atoms with Gasteiger partial charge in [0.2, 0.25) is 11.8 Å². The second-order valence-electron chi connectivity index (χ2n) is 7.09. The molecule has 1 aliphatic heterocycles. The lowest BCUT2D eigenvalue weighted by atomic mass is 9.48. The lowest BCUT2D eigenvalue weighted by Gasteiger charge is -2.52. The van der Waals surface area contributed by atoms with Crippen LogP contribution in [0.15, 0.2) is 48.5 Å². The maximum absolute atomic E-state index is 12.9. The lowest BCUT2D eigenvalue weighted by molar-refractivity contribution is -0.138. The lowest BCUT2D eigenvalue weighted by Crippen LogP contribution is -2.51. The van der Waals surface area contributed by atoms with Crippen molar-refractivity contribution < 1.29 is 9.59 Å². The number of hydrogen-bond donors (Lipinski definition) is 0. The molecule has 2 unspecified atom stereocenters. The third-order valence-electron chi connectivity index (χ3n) is 6.26. The average molecular weight is 303 g/mol. The first-order valence-corrected chi connectivity index (χ1v) is 8.07. The van der Waals surface area contributed by atoms with Gasteiger partial charge in [0.1, 0.15) is 0 Å². The Labute approximate surface area is 134 Å². The van der Waals surface area contributed by atoms with Crippen LogP contribution in [0.3, 0.4) is 0 Å². The van der Waals surface area contributed by atoms with Crippen LogP contribution in [0.1, 0.15) is 35.1 Å². The minimum Gasteiger partial charge on any atom is -0.285 e. The standard InChI is InChI=1S/C20H17NO2/c1-20-13-9-5-3-7-11(13)15(12-8-4-6-10-14(12)20)16-17(20)19(23)21(2)18(16)22/h3-10,15-17H,1-2H3. The molecule has 0 saturated carbocycles. The smallest absolute Gasteiger partial charge is 0.234 e. The molecule has 1 heterocycles. The molecular weight excluding hydrogens is 286 g/mol. The Hall–Kier alpha value is -2.42. The number of imide groups is 1. The zero-order valence-corrected chi connectivity index (χ0v) is 13.1. The van der Waals surface area contributed by atoms with Crippen LogP contribution < -0.4 is 0 Å². The predicted molar refractivity (Wildman–Crippen MR) is 85.9 cm³/mol. The molecule has 0 aromatic heterocycles. The highest BCUT2D eigenvalue weighted by atomic mass is 16.2. The number of nitrogens with zero attached hydrogens (tertiary/aromatic N) is 1. The average Bonchev–Trinajstić information content (AvgIpc) is 2.81. The molecule has 1 fully saturated rings. The topological polar surface area (TPSA) is 37.4 Å². The van der Waals surface area contributed by atoms with Crippen LogP contribution in [0.4, 0.5) is 0 Å². The predicted octanol–water partition coefficient (Wildman–Crippen LogP) is 2.68. The highest BCUT2D eigenvalue weighted by molar-refractivity contribution is 6.08. The Kier molecular flexibility index (Phi) is 2.22. The summed E-state index contributed by atoms with van der Waals surface area (Å²) in [5.41, 5.74) is 4.42. The molecule has 3 aliphatic carbocycles. The Morgan fingerprint density at radius 2 is 1.39 bits per heavy atom. The van der Waals surface area contributed by atoms with Crippen molar-refractivity contribution in [1.29, 1.82) is 0 Å². The van der Waals surface area contributed by atoms with E-state index in [0.717, 1.165) is 0 Å². The van der Waals surface area contributed by atoms with Crippen molar-refractivity contribution in [2.45, 2.75) is 18.3 Å². The highest BCUT2D eigenvalue weighted by Gasteiger charge is 2.65. The van der Waals surface area contributed by atoms with E-state index in [1.165, 1.54) is 27.2 Å². The minimum atomic E-state index is -0.426. The van der Waals surface area contributed by atoms with Crippen molar-refractivity contribution >= 4 is 11.8 Å². The Morgan fingerprint density at radius 3 is 1.96 bits per heavy atom. The highest BCUT2D eigenvalue weighted by Crippen LogP contribution is 2.63. The third kappa shape index (κ3) is 1.25. The maximum atomic E-state index is 12.9. The van der Waals surface area contributed by atoms with Crippen LogP contribution in [0.2, 0.25) is 0 Å². The zero-order valence-electron chi connectivity index (χ0n) is 13.1. The number of benzene rings is 2. The summed E-state index contributed by atoms with van der Waals surface area (Å²) in [4.78, 5) is 27.0. The first kappa shape index (κ1) is 13.1. The molecule has 0 radical (unpaired) electrons. The number of carbonyl (C=O) groups is 2. The quantitative estimate of drug-likeness (QED) is 0.702. The van der Waals surface area contributed by atoms with Gasteiger partial charge in [0, 0.05) is 18.4 Å². The molecule has 6 rings (SSSR count). The van der Waals surface area contributed by atoms with Crippen molar-refractivity contribution in [3.05, 3.63) is 70.8 Å². The van der Waals surface area contributed by atoms with Crippen LogP contribution in [0.5, 0.6) is 0 Å². The second-order valence-corrected chi connectivity index (χ2v) is 7.09. The van der Waals surface area contributed by atoms with E-state index in [2.05, 4.69) is 31.2 Å². The summed E-state index contributed by atoms with van der Waals surface area (Å²) in [7, 11) is 1.63. The number of carbonyl (C=O) groups excluding carboxylic acids is 2. The van der Waals surface area contributed by atoms with Gasteiger partial charge in [0.05, 0.1) is 11.8 Å². The van der Waals surface area contributed by atoms with Crippen LogP contribution in [-0.2, 0) is 15.0 Å². The molecule has 2 aromatic carbocycles. The van der Waals surface area contributed by atoms with Gasteiger partial charge in [-0.15, -0.1) is 0 Å². The second kappa shape index (κ2) is 3.91. The van der Waals surface area contributed by atoms with Crippen LogP contribution in [0, 0.1) is 11.8 Å². The van der Waals surface area contributed by atoms with Crippen molar-refractivity contribution in [3.63, 3.8) is 0 Å². The summed E-state index contributed by atoms with van der Waals surface area (Å²) in [6.45, 7) is 2.14. The van der Waals surface area contributed by atoms with E-state index in [1.54, 1.807) is 7.05 Å². The van der Waals surface area contributed by atoms with Gasteiger partial charge in [0.25, 0.3) is 0 Å². The summed E-state index contributed by atoms with van der Waals surface area (Å²) in [6.07, 6.45) is 0. The Bertz CT molecular complexity index is 837. The largest absolute Gasteiger partial charge is 0.285 e. The fraction of sp³-hybridized carbons (Fsp3) is 0.300. The van der Waals surface area contributed by atoms with Crippen LogP contribution in [0.25, 0.3) is 0 Å². The maximum Gasteiger partial charge on any atom is 0.234 e. The first-order chi connectivity index (χ1) is 11.1.